The van der Waals surface area contributed by atoms with Gasteiger partial charge in [0.25, 0.3) is 0 Å². The maximum Gasteiger partial charge on any atom is 0.213 e. The van der Waals surface area contributed by atoms with Crippen molar-refractivity contribution in [3.63, 3.8) is 0 Å². The lowest BCUT2D eigenvalue weighted by Crippen LogP contribution is -2.28. The summed E-state index contributed by atoms with van der Waals surface area (Å²) < 4.78 is 46.4. The summed E-state index contributed by atoms with van der Waals surface area (Å²) in [5, 5.41) is -0.326. The second-order valence-corrected chi connectivity index (χ2v) is 8.06. The highest BCUT2D eigenvalue weighted by Gasteiger charge is 2.10. The fourth-order valence-corrected chi connectivity index (χ4v) is 1.99. The Bertz CT molecular complexity index is 373. The monoisotopic (exact) mass is 306 g/mol. The zero-order valence-corrected chi connectivity index (χ0v) is 12.2. The summed E-state index contributed by atoms with van der Waals surface area (Å²) in [5.74, 6) is 0. The van der Waals surface area contributed by atoms with Crippen LogP contribution in [0.15, 0.2) is 0 Å². The Hall–Kier alpha value is -0.180. The minimum Gasteiger partial charge on any atom is -0.218 e. The Morgan fingerprint density at radius 1 is 0.889 bits per heavy atom. The molecule has 0 aliphatic heterocycles. The summed E-state index contributed by atoms with van der Waals surface area (Å²) in [5.41, 5.74) is 0. The Morgan fingerprint density at radius 2 is 1.22 bits per heavy atom. The average Bonchev–Trinajstić information content (AvgIpc) is 2.00. The molecule has 0 aromatic rings. The van der Waals surface area contributed by atoms with Crippen LogP contribution < -0.4 is 9.44 Å². The van der Waals surface area contributed by atoms with Gasteiger partial charge in [0.1, 0.15) is 0 Å². The van der Waals surface area contributed by atoms with E-state index < -0.39 is 20.0 Å². The first-order chi connectivity index (χ1) is 6.92. The lowest BCUT2D eigenvalue weighted by Gasteiger charge is -2.02. The van der Waals surface area contributed by atoms with Crippen molar-refractivity contribution in [1.29, 1.82) is 0 Å². The summed E-state index contributed by atoms with van der Waals surface area (Å²) in [6.45, 7) is 6.82. The van der Waals surface area contributed by atoms with Gasteiger partial charge in [0.2, 0.25) is 20.0 Å². The van der Waals surface area contributed by atoms with Gasteiger partial charge < -0.3 is 0 Å². The molecular formula is C10H30N2O4S2. The highest BCUT2D eigenvalue weighted by molar-refractivity contribution is 7.90. The Kier molecular flexibility index (Phi) is 15.7. The van der Waals surface area contributed by atoms with E-state index in [-0.39, 0.29) is 26.1 Å². The van der Waals surface area contributed by atoms with Crippen LogP contribution in [0, 0.1) is 0 Å². The summed E-state index contributed by atoms with van der Waals surface area (Å²) in [6, 6.07) is 0.00463. The summed E-state index contributed by atoms with van der Waals surface area (Å²) in [4.78, 5) is 0. The van der Waals surface area contributed by atoms with Crippen LogP contribution in [0.1, 0.15) is 42.5 Å². The van der Waals surface area contributed by atoms with Crippen molar-refractivity contribution in [2.24, 2.45) is 0 Å². The molecule has 0 aliphatic rings. The van der Waals surface area contributed by atoms with Crippen LogP contribution in [-0.4, -0.2) is 41.4 Å². The van der Waals surface area contributed by atoms with Gasteiger partial charge in [-0.05, 0) is 34.7 Å². The number of hydrogen-bond acceptors (Lipinski definition) is 4. The van der Waals surface area contributed by atoms with Crippen molar-refractivity contribution < 1.29 is 16.8 Å². The van der Waals surface area contributed by atoms with Gasteiger partial charge in [0.15, 0.2) is 0 Å². The van der Waals surface area contributed by atoms with E-state index in [1.807, 2.05) is 0 Å². The van der Waals surface area contributed by atoms with Crippen LogP contribution in [-0.2, 0) is 20.0 Å². The first kappa shape index (κ1) is 26.4. The predicted molar refractivity (Wildman–Crippen MR) is 79.7 cm³/mol. The number of sulfonamides is 2. The highest BCUT2D eigenvalue weighted by atomic mass is 32.2. The second-order valence-electron chi connectivity index (χ2n) is 3.84. The normalized spacial score (nSPS) is 11.1. The molecule has 116 valence electrons. The van der Waals surface area contributed by atoms with Gasteiger partial charge in [-0.15, -0.1) is 0 Å². The molecule has 0 saturated heterocycles. The quantitative estimate of drug-likeness (QED) is 0.815. The second kappa shape index (κ2) is 10.7. The largest absolute Gasteiger partial charge is 0.218 e. The zero-order chi connectivity index (χ0) is 13.6. The first-order valence-corrected chi connectivity index (χ1v) is 8.25. The van der Waals surface area contributed by atoms with Crippen molar-refractivity contribution in [3.05, 3.63) is 0 Å². The third kappa shape index (κ3) is 18.2. The molecule has 18 heavy (non-hydrogen) atoms. The Labute approximate surface area is 114 Å². The zero-order valence-electron chi connectivity index (χ0n) is 10.6. The minimum absolute atomic E-state index is 0. The van der Waals surface area contributed by atoms with Gasteiger partial charge in [-0.2, -0.15) is 0 Å². The van der Waals surface area contributed by atoms with Crippen molar-refractivity contribution in [2.75, 3.05) is 13.3 Å². The van der Waals surface area contributed by atoms with Gasteiger partial charge in [-0.3, -0.25) is 0 Å². The Balaban J connectivity index is -0.0000000980. The highest BCUT2D eigenvalue weighted by Crippen LogP contribution is 1.92. The van der Waals surface area contributed by atoms with Crippen LogP contribution in [0.5, 0.6) is 0 Å². The van der Waals surface area contributed by atoms with Crippen LogP contribution in [0.4, 0.5) is 0 Å². The van der Waals surface area contributed by atoms with E-state index in [1.165, 1.54) is 7.05 Å². The standard InChI is InChI=1S/2C4H11NO2S.2CH4/c1-4(2)5-8(3,6)7;1-4(2)8(6,7)5-3;;/h2*4-5H,1-3H3;2*1H4. The van der Waals surface area contributed by atoms with Crippen LogP contribution in [0.3, 0.4) is 0 Å². The van der Waals surface area contributed by atoms with Gasteiger partial charge in [-0.1, -0.05) is 14.9 Å². The lowest BCUT2D eigenvalue weighted by atomic mass is 10.4. The molecule has 6 nitrogen and oxygen atoms in total. The Morgan fingerprint density at radius 3 is 1.22 bits per heavy atom. The molecule has 0 heterocycles. The molecule has 0 unspecified atom stereocenters. The van der Waals surface area contributed by atoms with Gasteiger partial charge >= 0.3 is 0 Å². The fraction of sp³-hybridized carbons (Fsp3) is 1.00. The molecule has 0 aliphatic carbocycles. The van der Waals surface area contributed by atoms with Crippen LogP contribution in [0.25, 0.3) is 0 Å². The molecular weight excluding hydrogens is 276 g/mol. The molecule has 0 saturated carbocycles. The third-order valence-electron chi connectivity index (χ3n) is 1.35. The van der Waals surface area contributed by atoms with Crippen molar-refractivity contribution in [2.45, 2.75) is 53.8 Å². The lowest BCUT2D eigenvalue weighted by molar-refractivity contribution is 0.575. The van der Waals surface area contributed by atoms with E-state index in [0.29, 0.717) is 0 Å². The van der Waals surface area contributed by atoms with Crippen molar-refractivity contribution in [3.8, 4) is 0 Å². The SMILES string of the molecule is C.C.CC(C)NS(C)(=O)=O.CNS(=O)(=O)C(C)C. The molecule has 0 amide bonds. The van der Waals surface area contributed by atoms with Gasteiger partial charge in [-0.25, -0.2) is 26.3 Å². The molecule has 0 aromatic heterocycles. The molecule has 0 aromatic carbocycles. The predicted octanol–water partition coefficient (Wildman–Crippen LogP) is 1.16. The van der Waals surface area contributed by atoms with E-state index in [1.54, 1.807) is 27.7 Å². The van der Waals surface area contributed by atoms with Crippen LogP contribution in [0.2, 0.25) is 0 Å². The summed E-state index contributed by atoms with van der Waals surface area (Å²) >= 11 is 0. The maximum absolute atomic E-state index is 10.6. The molecule has 0 radical (unpaired) electrons. The number of hydrogen-bond donors (Lipinski definition) is 2. The van der Waals surface area contributed by atoms with Crippen molar-refractivity contribution in [1.82, 2.24) is 9.44 Å². The van der Waals surface area contributed by atoms with Crippen LogP contribution >= 0.6 is 0 Å². The van der Waals surface area contributed by atoms with E-state index in [0.717, 1.165) is 6.26 Å². The first-order valence-electron chi connectivity index (χ1n) is 4.82. The molecule has 0 spiro atoms. The summed E-state index contributed by atoms with van der Waals surface area (Å²) in [6.07, 6.45) is 1.15. The average molecular weight is 306 g/mol. The fourth-order valence-electron chi connectivity index (χ4n) is 0.664. The molecule has 0 rings (SSSR count). The van der Waals surface area contributed by atoms with E-state index >= 15 is 0 Å². The number of nitrogens with one attached hydrogen (secondary N) is 2. The molecule has 0 fully saturated rings. The smallest absolute Gasteiger partial charge is 0.213 e. The minimum atomic E-state index is -2.99. The molecule has 8 heteroatoms. The van der Waals surface area contributed by atoms with Gasteiger partial charge in [0, 0.05) is 6.04 Å². The summed E-state index contributed by atoms with van der Waals surface area (Å²) in [7, 11) is -4.55. The number of rotatable bonds is 4. The van der Waals surface area contributed by atoms with E-state index in [9.17, 15) is 16.8 Å². The molecule has 0 atom stereocenters. The maximum atomic E-state index is 10.6. The molecule has 2 N–H and O–H groups in total. The van der Waals surface area contributed by atoms with E-state index in [2.05, 4.69) is 9.44 Å². The van der Waals surface area contributed by atoms with Gasteiger partial charge in [0.05, 0.1) is 11.5 Å². The van der Waals surface area contributed by atoms with Crippen molar-refractivity contribution >= 4 is 20.0 Å². The van der Waals surface area contributed by atoms with E-state index in [4.69, 9.17) is 0 Å². The molecule has 0 bridgehead atoms. The third-order valence-corrected chi connectivity index (χ3v) is 4.06. The topological polar surface area (TPSA) is 92.3 Å².